The molecule has 0 radical (unpaired) electrons. The molecule has 0 aromatic heterocycles. The molecule has 0 amide bonds. The first-order valence-corrected chi connectivity index (χ1v) is 6.95. The predicted octanol–water partition coefficient (Wildman–Crippen LogP) is 4.75. The van der Waals surface area contributed by atoms with E-state index in [0.717, 1.165) is 6.54 Å². The zero-order chi connectivity index (χ0) is 10.8. The zero-order valence-corrected chi connectivity index (χ0v) is 10.4. The maximum atomic E-state index is 4.59. The van der Waals surface area contributed by atoms with Gasteiger partial charge in [0, 0.05) is 12.3 Å². The van der Waals surface area contributed by atoms with Crippen molar-refractivity contribution in [3.63, 3.8) is 0 Å². The van der Waals surface area contributed by atoms with Gasteiger partial charge in [0.15, 0.2) is 0 Å². The molecule has 1 heteroatoms. The number of unbranched alkanes of at least 4 members (excludes halogenated alkanes) is 6. The largest absolute Gasteiger partial charge is 0.294 e. The fraction of sp³-hybridized carbons (Fsp3) is 0.929. The van der Waals surface area contributed by atoms with Crippen LogP contribution in [-0.4, -0.2) is 12.3 Å². The molecule has 0 spiro atoms. The summed E-state index contributed by atoms with van der Waals surface area (Å²) < 4.78 is 0. The molecule has 0 aromatic rings. The van der Waals surface area contributed by atoms with E-state index >= 15 is 0 Å². The maximum absolute atomic E-state index is 4.59. The lowest BCUT2D eigenvalue weighted by molar-refractivity contribution is 0.592. The highest BCUT2D eigenvalue weighted by Gasteiger charge is 2.04. The van der Waals surface area contributed by atoms with Gasteiger partial charge in [-0.3, -0.25) is 4.99 Å². The minimum atomic E-state index is 1.10. The van der Waals surface area contributed by atoms with Gasteiger partial charge in [-0.1, -0.05) is 45.4 Å². The highest BCUT2D eigenvalue weighted by atomic mass is 14.7. The summed E-state index contributed by atoms with van der Waals surface area (Å²) in [4.78, 5) is 4.59. The molecule has 0 bridgehead atoms. The molecule has 1 aliphatic rings. The first-order valence-electron chi connectivity index (χ1n) is 6.95. The van der Waals surface area contributed by atoms with Gasteiger partial charge in [-0.2, -0.15) is 0 Å². The van der Waals surface area contributed by atoms with Crippen molar-refractivity contribution in [1.82, 2.24) is 0 Å². The van der Waals surface area contributed by atoms with Gasteiger partial charge in [-0.05, 0) is 32.1 Å². The summed E-state index contributed by atoms with van der Waals surface area (Å²) in [7, 11) is 0. The van der Waals surface area contributed by atoms with Gasteiger partial charge in [-0.15, -0.1) is 0 Å². The van der Waals surface area contributed by atoms with Crippen molar-refractivity contribution in [2.75, 3.05) is 6.54 Å². The Morgan fingerprint density at radius 1 is 0.933 bits per heavy atom. The Labute approximate surface area is 95.4 Å². The van der Waals surface area contributed by atoms with Crippen LogP contribution in [0.25, 0.3) is 0 Å². The van der Waals surface area contributed by atoms with Crippen LogP contribution in [0.4, 0.5) is 0 Å². The van der Waals surface area contributed by atoms with Gasteiger partial charge < -0.3 is 0 Å². The SMILES string of the molecule is CCCCCCCCCC1=NCCCC1. The summed E-state index contributed by atoms with van der Waals surface area (Å²) in [5.41, 5.74) is 1.51. The molecular weight excluding hydrogens is 182 g/mol. The molecule has 0 saturated carbocycles. The fourth-order valence-corrected chi connectivity index (χ4v) is 2.25. The van der Waals surface area contributed by atoms with E-state index < -0.39 is 0 Å². The molecule has 15 heavy (non-hydrogen) atoms. The lowest BCUT2D eigenvalue weighted by atomic mass is 10.0. The fourth-order valence-electron chi connectivity index (χ4n) is 2.25. The average Bonchev–Trinajstić information content (AvgIpc) is 2.29. The Morgan fingerprint density at radius 3 is 2.33 bits per heavy atom. The first-order chi connectivity index (χ1) is 7.43. The lowest BCUT2D eigenvalue weighted by Crippen LogP contribution is -2.05. The van der Waals surface area contributed by atoms with E-state index in [1.807, 2.05) is 0 Å². The normalized spacial score (nSPS) is 16.5. The quantitative estimate of drug-likeness (QED) is 0.511. The van der Waals surface area contributed by atoms with Crippen LogP contribution in [0, 0.1) is 0 Å². The van der Waals surface area contributed by atoms with E-state index in [2.05, 4.69) is 11.9 Å². The highest BCUT2D eigenvalue weighted by molar-refractivity contribution is 5.84. The second-order valence-electron chi connectivity index (χ2n) is 4.78. The summed E-state index contributed by atoms with van der Waals surface area (Å²) in [6, 6.07) is 0. The van der Waals surface area contributed by atoms with Crippen LogP contribution in [0.1, 0.15) is 77.6 Å². The van der Waals surface area contributed by atoms with Crippen molar-refractivity contribution in [2.45, 2.75) is 77.6 Å². The van der Waals surface area contributed by atoms with E-state index in [4.69, 9.17) is 0 Å². The Kier molecular flexibility index (Phi) is 7.59. The summed E-state index contributed by atoms with van der Waals surface area (Å²) in [5.74, 6) is 0. The second kappa shape index (κ2) is 8.94. The van der Waals surface area contributed by atoms with Crippen LogP contribution >= 0.6 is 0 Å². The van der Waals surface area contributed by atoms with E-state index in [9.17, 15) is 0 Å². The Morgan fingerprint density at radius 2 is 1.67 bits per heavy atom. The standard InChI is InChI=1S/C14H27N/c1-2-3-4-5-6-7-8-11-14-12-9-10-13-15-14/h2-13H2,1H3. The lowest BCUT2D eigenvalue weighted by Gasteiger charge is -2.11. The first kappa shape index (κ1) is 12.7. The number of aliphatic imine (C=N–C) groups is 1. The van der Waals surface area contributed by atoms with Crippen LogP contribution in [0.15, 0.2) is 4.99 Å². The molecule has 88 valence electrons. The molecule has 0 N–H and O–H groups in total. The molecule has 1 nitrogen and oxygen atoms in total. The highest BCUT2D eigenvalue weighted by Crippen LogP contribution is 2.13. The van der Waals surface area contributed by atoms with Gasteiger partial charge in [0.05, 0.1) is 0 Å². The minimum Gasteiger partial charge on any atom is -0.294 e. The van der Waals surface area contributed by atoms with Crippen molar-refractivity contribution in [2.24, 2.45) is 4.99 Å². The third-order valence-corrected chi connectivity index (χ3v) is 3.28. The van der Waals surface area contributed by atoms with Crippen molar-refractivity contribution >= 4 is 5.71 Å². The van der Waals surface area contributed by atoms with Crippen molar-refractivity contribution in [3.8, 4) is 0 Å². The molecule has 0 saturated heterocycles. The molecule has 0 atom stereocenters. The second-order valence-corrected chi connectivity index (χ2v) is 4.78. The van der Waals surface area contributed by atoms with Crippen molar-refractivity contribution < 1.29 is 0 Å². The molecule has 1 rings (SSSR count). The van der Waals surface area contributed by atoms with Crippen molar-refractivity contribution in [3.05, 3.63) is 0 Å². The molecule has 0 aromatic carbocycles. The van der Waals surface area contributed by atoms with E-state index in [-0.39, 0.29) is 0 Å². The Bertz CT molecular complexity index is 172. The number of hydrogen-bond acceptors (Lipinski definition) is 1. The molecule has 0 unspecified atom stereocenters. The van der Waals surface area contributed by atoms with Gasteiger partial charge in [-0.25, -0.2) is 0 Å². The van der Waals surface area contributed by atoms with Gasteiger partial charge in [0.1, 0.15) is 0 Å². The molecule has 0 aliphatic carbocycles. The summed E-state index contributed by atoms with van der Waals surface area (Å²) in [5, 5.41) is 0. The van der Waals surface area contributed by atoms with Gasteiger partial charge in [0.2, 0.25) is 0 Å². The number of rotatable bonds is 8. The topological polar surface area (TPSA) is 12.4 Å². The Hall–Kier alpha value is -0.330. The summed E-state index contributed by atoms with van der Waals surface area (Å²) >= 11 is 0. The third kappa shape index (κ3) is 6.70. The Balaban J connectivity index is 1.86. The van der Waals surface area contributed by atoms with Crippen LogP contribution in [0.2, 0.25) is 0 Å². The van der Waals surface area contributed by atoms with E-state index in [0.29, 0.717) is 0 Å². The molecule has 0 fully saturated rings. The molecule has 1 heterocycles. The van der Waals surface area contributed by atoms with Crippen LogP contribution < -0.4 is 0 Å². The van der Waals surface area contributed by atoms with E-state index in [1.54, 1.807) is 0 Å². The minimum absolute atomic E-state index is 1.10. The van der Waals surface area contributed by atoms with Gasteiger partial charge in [0.25, 0.3) is 0 Å². The van der Waals surface area contributed by atoms with E-state index in [1.165, 1.54) is 76.3 Å². The van der Waals surface area contributed by atoms with Crippen LogP contribution in [-0.2, 0) is 0 Å². The number of nitrogens with zero attached hydrogens (tertiary/aromatic N) is 1. The monoisotopic (exact) mass is 209 g/mol. The smallest absolute Gasteiger partial charge is 0.0388 e. The van der Waals surface area contributed by atoms with Crippen LogP contribution in [0.5, 0.6) is 0 Å². The third-order valence-electron chi connectivity index (χ3n) is 3.28. The zero-order valence-electron chi connectivity index (χ0n) is 10.4. The number of hydrogen-bond donors (Lipinski definition) is 0. The maximum Gasteiger partial charge on any atom is 0.0388 e. The summed E-state index contributed by atoms with van der Waals surface area (Å²) in [6.45, 7) is 3.38. The van der Waals surface area contributed by atoms with Gasteiger partial charge >= 0.3 is 0 Å². The average molecular weight is 209 g/mol. The molecule has 1 aliphatic heterocycles. The predicted molar refractivity (Wildman–Crippen MR) is 68.8 cm³/mol. The molecular formula is C14H27N. The van der Waals surface area contributed by atoms with Crippen LogP contribution in [0.3, 0.4) is 0 Å². The van der Waals surface area contributed by atoms with Crippen molar-refractivity contribution in [1.29, 1.82) is 0 Å². The summed E-state index contributed by atoms with van der Waals surface area (Å²) in [6.07, 6.45) is 15.2.